The Bertz CT molecular complexity index is 975. The van der Waals surface area contributed by atoms with E-state index in [0.29, 0.717) is 16.3 Å². The van der Waals surface area contributed by atoms with Gasteiger partial charge in [-0.2, -0.15) is 0 Å². The molecule has 2 aromatic rings. The van der Waals surface area contributed by atoms with E-state index in [-0.39, 0.29) is 16.4 Å². The summed E-state index contributed by atoms with van der Waals surface area (Å²) in [6, 6.07) is 11.0. The van der Waals surface area contributed by atoms with Gasteiger partial charge in [0.05, 0.1) is 12.0 Å². The van der Waals surface area contributed by atoms with Crippen molar-refractivity contribution in [2.75, 3.05) is 19.0 Å². The Morgan fingerprint density at radius 3 is 2.64 bits per heavy atom. The topological polar surface area (TPSA) is 95.9 Å². The highest BCUT2D eigenvalue weighted by molar-refractivity contribution is 8.18. The van der Waals surface area contributed by atoms with Crippen molar-refractivity contribution < 1.29 is 24.2 Å². The first kappa shape index (κ1) is 19.8. The minimum Gasteiger partial charge on any atom is -0.504 e. The van der Waals surface area contributed by atoms with Crippen LogP contribution in [0.5, 0.6) is 11.5 Å². The van der Waals surface area contributed by atoms with Crippen LogP contribution >= 0.6 is 23.4 Å². The van der Waals surface area contributed by atoms with Gasteiger partial charge in [0, 0.05) is 10.7 Å². The molecule has 28 heavy (non-hydrogen) atoms. The van der Waals surface area contributed by atoms with Crippen LogP contribution in [0.2, 0.25) is 5.02 Å². The zero-order valence-electron chi connectivity index (χ0n) is 14.6. The van der Waals surface area contributed by atoms with Crippen LogP contribution < -0.4 is 10.1 Å². The van der Waals surface area contributed by atoms with Crippen molar-refractivity contribution in [2.24, 2.45) is 0 Å². The number of hydrogen-bond donors (Lipinski definition) is 2. The van der Waals surface area contributed by atoms with Gasteiger partial charge in [-0.15, -0.1) is 0 Å². The number of phenols is 1. The van der Waals surface area contributed by atoms with Crippen LogP contribution in [0.25, 0.3) is 6.08 Å². The SMILES string of the molecule is COc1cc(/C=C2/SC(=O)N(CC(=O)Nc3ccc(Cl)cc3)C2=O)ccc1O. The normalized spacial score (nSPS) is 15.2. The number of anilines is 1. The Morgan fingerprint density at radius 2 is 1.96 bits per heavy atom. The van der Waals surface area contributed by atoms with E-state index in [1.807, 2.05) is 0 Å². The number of hydrogen-bond acceptors (Lipinski definition) is 6. The molecule has 2 aromatic carbocycles. The molecule has 1 aliphatic rings. The standard InChI is InChI=1S/C19H15ClN2O5S/c1-27-15-8-11(2-7-14(15)23)9-16-18(25)22(19(26)28-16)10-17(24)21-13-5-3-12(20)4-6-13/h2-9,23H,10H2,1H3,(H,21,24)/b16-9+. The van der Waals surface area contributed by atoms with Crippen LogP contribution in [0.1, 0.15) is 5.56 Å². The number of rotatable bonds is 5. The quantitative estimate of drug-likeness (QED) is 0.718. The molecule has 0 bridgehead atoms. The molecule has 144 valence electrons. The molecule has 0 saturated carbocycles. The number of carbonyl (C=O) groups excluding carboxylic acids is 3. The fourth-order valence-electron chi connectivity index (χ4n) is 2.45. The van der Waals surface area contributed by atoms with E-state index in [1.54, 1.807) is 30.3 Å². The number of methoxy groups -OCH3 is 1. The molecular weight excluding hydrogens is 404 g/mol. The molecule has 0 unspecified atom stereocenters. The van der Waals surface area contributed by atoms with Gasteiger partial charge in [0.1, 0.15) is 6.54 Å². The maximum atomic E-state index is 12.5. The van der Waals surface area contributed by atoms with Gasteiger partial charge in [-0.3, -0.25) is 19.3 Å². The van der Waals surface area contributed by atoms with Gasteiger partial charge < -0.3 is 15.2 Å². The molecule has 3 amide bonds. The number of halogens is 1. The van der Waals surface area contributed by atoms with Crippen LogP contribution in [-0.4, -0.2) is 40.7 Å². The molecule has 0 atom stereocenters. The van der Waals surface area contributed by atoms with Crippen LogP contribution in [0.3, 0.4) is 0 Å². The number of imide groups is 1. The lowest BCUT2D eigenvalue weighted by Crippen LogP contribution is -2.36. The van der Waals surface area contributed by atoms with Crippen molar-refractivity contribution in [3.8, 4) is 11.5 Å². The highest BCUT2D eigenvalue weighted by Gasteiger charge is 2.36. The van der Waals surface area contributed by atoms with E-state index in [4.69, 9.17) is 16.3 Å². The van der Waals surface area contributed by atoms with Crippen molar-refractivity contribution >= 4 is 52.2 Å². The second kappa shape index (κ2) is 8.37. The Kier molecular flexibility index (Phi) is 5.91. The highest BCUT2D eigenvalue weighted by atomic mass is 35.5. The number of aromatic hydroxyl groups is 1. The number of nitrogens with one attached hydrogen (secondary N) is 1. The lowest BCUT2D eigenvalue weighted by molar-refractivity contribution is -0.127. The Hall–Kier alpha value is -2.97. The van der Waals surface area contributed by atoms with E-state index in [9.17, 15) is 19.5 Å². The minimum atomic E-state index is -0.562. The third kappa shape index (κ3) is 4.47. The molecule has 1 saturated heterocycles. The lowest BCUT2D eigenvalue weighted by Gasteiger charge is -2.12. The zero-order chi connectivity index (χ0) is 20.3. The first-order valence-corrected chi connectivity index (χ1v) is 9.24. The van der Waals surface area contributed by atoms with Crippen LogP contribution in [0, 0.1) is 0 Å². The maximum Gasteiger partial charge on any atom is 0.294 e. The van der Waals surface area contributed by atoms with E-state index in [0.717, 1.165) is 16.7 Å². The predicted octanol–water partition coefficient (Wildman–Crippen LogP) is 3.73. The lowest BCUT2D eigenvalue weighted by atomic mass is 10.2. The molecule has 3 rings (SSSR count). The molecule has 1 heterocycles. The fraction of sp³-hybridized carbons (Fsp3) is 0.105. The summed E-state index contributed by atoms with van der Waals surface area (Å²) >= 11 is 6.54. The summed E-state index contributed by atoms with van der Waals surface area (Å²) < 4.78 is 5.03. The van der Waals surface area contributed by atoms with Gasteiger partial charge >= 0.3 is 0 Å². The smallest absolute Gasteiger partial charge is 0.294 e. The first-order chi connectivity index (χ1) is 13.4. The number of ether oxygens (including phenoxy) is 1. The number of thioether (sulfide) groups is 1. The van der Waals surface area contributed by atoms with E-state index < -0.39 is 23.6 Å². The van der Waals surface area contributed by atoms with Crippen LogP contribution in [0.4, 0.5) is 10.5 Å². The van der Waals surface area contributed by atoms with Crippen molar-refractivity contribution in [2.45, 2.75) is 0 Å². The number of benzene rings is 2. The first-order valence-electron chi connectivity index (χ1n) is 8.05. The third-order valence-corrected chi connectivity index (χ3v) is 4.96. The van der Waals surface area contributed by atoms with Gasteiger partial charge in [0.15, 0.2) is 11.5 Å². The summed E-state index contributed by atoms with van der Waals surface area (Å²) in [6.45, 7) is -0.399. The number of carbonyl (C=O) groups is 3. The molecule has 0 radical (unpaired) electrons. The van der Waals surface area contributed by atoms with Gasteiger partial charge in [0.25, 0.3) is 11.1 Å². The monoisotopic (exact) mass is 418 g/mol. The predicted molar refractivity (Wildman–Crippen MR) is 107 cm³/mol. The molecule has 1 aliphatic heterocycles. The maximum absolute atomic E-state index is 12.5. The Morgan fingerprint density at radius 1 is 1.25 bits per heavy atom. The van der Waals surface area contributed by atoms with E-state index >= 15 is 0 Å². The van der Waals surface area contributed by atoms with Gasteiger partial charge in [-0.1, -0.05) is 17.7 Å². The van der Waals surface area contributed by atoms with Gasteiger partial charge in [-0.25, -0.2) is 0 Å². The third-order valence-electron chi connectivity index (χ3n) is 3.80. The number of amides is 3. The molecule has 2 N–H and O–H groups in total. The van der Waals surface area contributed by atoms with Gasteiger partial charge in [0.2, 0.25) is 5.91 Å². The van der Waals surface area contributed by atoms with Crippen LogP contribution in [-0.2, 0) is 9.59 Å². The van der Waals surface area contributed by atoms with Crippen molar-refractivity contribution in [1.82, 2.24) is 4.90 Å². The summed E-state index contributed by atoms with van der Waals surface area (Å²) in [5, 5.41) is 12.2. The molecular formula is C19H15ClN2O5S. The van der Waals surface area contributed by atoms with Gasteiger partial charge in [-0.05, 0) is 59.8 Å². The molecule has 0 aromatic heterocycles. The van der Waals surface area contributed by atoms with Crippen molar-refractivity contribution in [3.63, 3.8) is 0 Å². The van der Waals surface area contributed by atoms with Crippen molar-refractivity contribution in [3.05, 3.63) is 58.0 Å². The summed E-state index contributed by atoms with van der Waals surface area (Å²) in [6.07, 6.45) is 1.50. The van der Waals surface area contributed by atoms with E-state index in [1.165, 1.54) is 25.3 Å². The fourth-order valence-corrected chi connectivity index (χ4v) is 3.41. The second-order valence-electron chi connectivity index (χ2n) is 5.75. The molecule has 9 heteroatoms. The average Bonchev–Trinajstić information content (AvgIpc) is 2.92. The minimum absolute atomic E-state index is 0.0355. The Labute approximate surface area is 169 Å². The summed E-state index contributed by atoms with van der Waals surface area (Å²) in [7, 11) is 1.41. The Balaban J connectivity index is 1.70. The summed E-state index contributed by atoms with van der Waals surface area (Å²) in [4.78, 5) is 37.9. The van der Waals surface area contributed by atoms with Crippen LogP contribution in [0.15, 0.2) is 47.4 Å². The molecule has 1 fully saturated rings. The second-order valence-corrected chi connectivity index (χ2v) is 7.18. The molecule has 7 nitrogen and oxygen atoms in total. The largest absolute Gasteiger partial charge is 0.504 e. The molecule has 0 spiro atoms. The average molecular weight is 419 g/mol. The highest BCUT2D eigenvalue weighted by Crippen LogP contribution is 2.34. The van der Waals surface area contributed by atoms with Crippen molar-refractivity contribution in [1.29, 1.82) is 0 Å². The molecule has 0 aliphatic carbocycles. The summed E-state index contributed by atoms with van der Waals surface area (Å²) in [5.74, 6) is -0.854. The number of phenolic OH excluding ortho intramolecular Hbond substituents is 1. The number of nitrogens with zero attached hydrogens (tertiary/aromatic N) is 1. The summed E-state index contributed by atoms with van der Waals surface area (Å²) in [5.41, 5.74) is 1.08. The van der Waals surface area contributed by atoms with E-state index in [2.05, 4.69) is 5.32 Å². The zero-order valence-corrected chi connectivity index (χ0v) is 16.2.